The van der Waals surface area contributed by atoms with Gasteiger partial charge in [0.15, 0.2) is 11.5 Å². The number of ether oxygens (including phenoxy) is 2. The Balaban J connectivity index is 0.00000261. The van der Waals surface area contributed by atoms with E-state index in [0.717, 1.165) is 24.2 Å². The lowest BCUT2D eigenvalue weighted by atomic mass is 10.1. The Labute approximate surface area is 166 Å². The average Bonchev–Trinajstić information content (AvgIpc) is 3.15. The van der Waals surface area contributed by atoms with Crippen LogP contribution in [0.3, 0.4) is 0 Å². The Bertz CT molecular complexity index is 776. The second-order valence-corrected chi connectivity index (χ2v) is 6.76. The normalized spacial score (nSPS) is 14.9. The number of nitrogens with two attached hydrogens (primary N) is 1. The van der Waals surface area contributed by atoms with Crippen LogP contribution < -0.4 is 20.5 Å². The number of hydrogen-bond donors (Lipinski definition) is 2. The third-order valence-electron chi connectivity index (χ3n) is 4.78. The zero-order chi connectivity index (χ0) is 18.5. The Morgan fingerprint density at radius 3 is 2.56 bits per heavy atom. The van der Waals surface area contributed by atoms with E-state index >= 15 is 0 Å². The topological polar surface area (TPSA) is 73.6 Å². The molecule has 1 atom stereocenters. The highest BCUT2D eigenvalue weighted by Crippen LogP contribution is 2.33. The molecule has 1 fully saturated rings. The van der Waals surface area contributed by atoms with Crippen molar-refractivity contribution >= 4 is 24.0 Å². The van der Waals surface area contributed by atoms with Crippen LogP contribution in [0.5, 0.6) is 11.5 Å². The van der Waals surface area contributed by atoms with Crippen molar-refractivity contribution < 1.29 is 14.3 Å². The lowest BCUT2D eigenvalue weighted by molar-refractivity contribution is 0.0940. The molecule has 1 aliphatic rings. The van der Waals surface area contributed by atoms with Crippen LogP contribution in [0, 0.1) is 0 Å². The number of methoxy groups -OCH3 is 1. The van der Waals surface area contributed by atoms with Crippen molar-refractivity contribution in [1.82, 2.24) is 5.32 Å². The molecule has 1 saturated carbocycles. The number of nitrogens with one attached hydrogen (secondary N) is 1. The molecule has 0 spiro atoms. The van der Waals surface area contributed by atoms with Crippen molar-refractivity contribution in [2.75, 3.05) is 12.8 Å². The van der Waals surface area contributed by atoms with E-state index in [4.69, 9.17) is 15.2 Å². The lowest BCUT2D eigenvalue weighted by Crippen LogP contribution is -2.26. The standard InChI is InChI=1S/C21H26N2O3.ClH/c1-14(23-21(24)16-6-5-7-17(22)12-16)15-10-11-19(20(13-15)25-2)26-18-8-3-4-9-18;/h5-7,10-14,18H,3-4,8-9,22H2,1-2H3,(H,23,24);1H. The van der Waals surface area contributed by atoms with Crippen LogP contribution in [0.15, 0.2) is 42.5 Å². The van der Waals surface area contributed by atoms with E-state index < -0.39 is 0 Å². The van der Waals surface area contributed by atoms with Crippen molar-refractivity contribution in [3.8, 4) is 11.5 Å². The summed E-state index contributed by atoms with van der Waals surface area (Å²) in [6, 6.07) is 12.6. The van der Waals surface area contributed by atoms with Crippen LogP contribution >= 0.6 is 12.4 Å². The lowest BCUT2D eigenvalue weighted by Gasteiger charge is -2.19. The van der Waals surface area contributed by atoms with Crippen LogP contribution in [0.1, 0.15) is 54.6 Å². The molecule has 0 aliphatic heterocycles. The van der Waals surface area contributed by atoms with E-state index in [1.54, 1.807) is 31.4 Å². The molecular formula is C21H27ClN2O3. The maximum absolute atomic E-state index is 12.4. The quantitative estimate of drug-likeness (QED) is 0.711. The summed E-state index contributed by atoms with van der Waals surface area (Å²) in [5.74, 6) is 1.30. The summed E-state index contributed by atoms with van der Waals surface area (Å²) >= 11 is 0. The largest absolute Gasteiger partial charge is 0.493 e. The maximum Gasteiger partial charge on any atom is 0.251 e. The molecule has 27 heavy (non-hydrogen) atoms. The van der Waals surface area contributed by atoms with E-state index in [9.17, 15) is 4.79 Å². The number of benzene rings is 2. The number of carbonyl (C=O) groups is 1. The molecule has 3 N–H and O–H groups in total. The monoisotopic (exact) mass is 390 g/mol. The molecule has 5 nitrogen and oxygen atoms in total. The third kappa shape index (κ3) is 5.30. The minimum Gasteiger partial charge on any atom is -0.493 e. The summed E-state index contributed by atoms with van der Waals surface area (Å²) in [7, 11) is 1.64. The number of halogens is 1. The molecule has 0 bridgehead atoms. The van der Waals surface area contributed by atoms with E-state index in [1.165, 1.54) is 12.8 Å². The van der Waals surface area contributed by atoms with Gasteiger partial charge in [0.2, 0.25) is 0 Å². The van der Waals surface area contributed by atoms with E-state index in [2.05, 4.69) is 5.32 Å². The fourth-order valence-electron chi connectivity index (χ4n) is 3.28. The van der Waals surface area contributed by atoms with E-state index in [-0.39, 0.29) is 30.5 Å². The second-order valence-electron chi connectivity index (χ2n) is 6.76. The zero-order valence-corrected chi connectivity index (χ0v) is 16.6. The average molecular weight is 391 g/mol. The molecule has 1 aliphatic carbocycles. The van der Waals surface area contributed by atoms with Crippen molar-refractivity contribution in [3.63, 3.8) is 0 Å². The summed E-state index contributed by atoms with van der Waals surface area (Å²) in [5, 5.41) is 2.99. The van der Waals surface area contributed by atoms with Gasteiger partial charge in [0.1, 0.15) is 0 Å². The Morgan fingerprint density at radius 1 is 1.15 bits per heavy atom. The van der Waals surface area contributed by atoms with E-state index in [1.807, 2.05) is 25.1 Å². The Hall–Kier alpha value is -2.40. The molecule has 0 heterocycles. The Kier molecular flexibility index (Phi) is 7.36. The van der Waals surface area contributed by atoms with Crippen LogP contribution in [0.4, 0.5) is 5.69 Å². The predicted octanol–water partition coefficient (Wildman–Crippen LogP) is 4.51. The van der Waals surface area contributed by atoms with Gasteiger partial charge in [-0.1, -0.05) is 12.1 Å². The fraction of sp³-hybridized carbons (Fsp3) is 0.381. The molecule has 0 saturated heterocycles. The van der Waals surface area contributed by atoms with E-state index in [0.29, 0.717) is 17.0 Å². The van der Waals surface area contributed by atoms with Gasteiger partial charge in [-0.25, -0.2) is 0 Å². The second kappa shape index (κ2) is 9.51. The highest BCUT2D eigenvalue weighted by Gasteiger charge is 2.19. The molecule has 1 unspecified atom stereocenters. The van der Waals surface area contributed by atoms with Crippen LogP contribution in [-0.4, -0.2) is 19.1 Å². The fourth-order valence-corrected chi connectivity index (χ4v) is 3.28. The van der Waals surface area contributed by atoms with Gasteiger partial charge in [0.05, 0.1) is 19.3 Å². The minimum absolute atomic E-state index is 0. The summed E-state index contributed by atoms with van der Waals surface area (Å²) < 4.78 is 11.6. The van der Waals surface area contributed by atoms with Gasteiger partial charge in [-0.05, 0) is 68.5 Å². The summed E-state index contributed by atoms with van der Waals surface area (Å²) in [6.07, 6.45) is 4.90. The molecule has 0 radical (unpaired) electrons. The molecule has 6 heteroatoms. The molecule has 0 aromatic heterocycles. The van der Waals surface area contributed by atoms with Gasteiger partial charge < -0.3 is 20.5 Å². The first-order valence-corrected chi connectivity index (χ1v) is 9.08. The van der Waals surface area contributed by atoms with Gasteiger partial charge in [0.25, 0.3) is 5.91 Å². The number of anilines is 1. The number of hydrogen-bond acceptors (Lipinski definition) is 4. The molecule has 3 rings (SSSR count). The summed E-state index contributed by atoms with van der Waals surface area (Å²) in [4.78, 5) is 12.4. The van der Waals surface area contributed by atoms with Crippen molar-refractivity contribution in [2.45, 2.75) is 44.8 Å². The first kappa shape index (κ1) is 20.9. The smallest absolute Gasteiger partial charge is 0.251 e. The number of nitrogen functional groups attached to an aromatic ring is 1. The highest BCUT2D eigenvalue weighted by atomic mass is 35.5. The van der Waals surface area contributed by atoms with Gasteiger partial charge in [-0.3, -0.25) is 4.79 Å². The van der Waals surface area contributed by atoms with Crippen molar-refractivity contribution in [2.24, 2.45) is 0 Å². The van der Waals surface area contributed by atoms with Gasteiger partial charge in [-0.2, -0.15) is 0 Å². The number of amides is 1. The van der Waals surface area contributed by atoms with Crippen LogP contribution in [-0.2, 0) is 0 Å². The minimum atomic E-state index is -0.168. The van der Waals surface area contributed by atoms with Gasteiger partial charge in [-0.15, -0.1) is 12.4 Å². The first-order valence-electron chi connectivity index (χ1n) is 9.08. The predicted molar refractivity (Wildman–Crippen MR) is 110 cm³/mol. The van der Waals surface area contributed by atoms with Crippen LogP contribution in [0.2, 0.25) is 0 Å². The number of carbonyl (C=O) groups excluding carboxylic acids is 1. The Morgan fingerprint density at radius 2 is 1.89 bits per heavy atom. The van der Waals surface area contributed by atoms with Gasteiger partial charge in [0, 0.05) is 11.3 Å². The number of rotatable bonds is 6. The SMILES string of the molecule is COc1cc(C(C)NC(=O)c2cccc(N)c2)ccc1OC1CCCC1.Cl. The maximum atomic E-state index is 12.4. The van der Waals surface area contributed by atoms with Crippen molar-refractivity contribution in [3.05, 3.63) is 53.6 Å². The molecule has 1 amide bonds. The first-order chi connectivity index (χ1) is 12.6. The van der Waals surface area contributed by atoms with Gasteiger partial charge >= 0.3 is 0 Å². The van der Waals surface area contributed by atoms with Crippen molar-refractivity contribution in [1.29, 1.82) is 0 Å². The molecule has 146 valence electrons. The summed E-state index contributed by atoms with van der Waals surface area (Å²) in [5.41, 5.74) is 7.82. The highest BCUT2D eigenvalue weighted by molar-refractivity contribution is 5.95. The molecule has 2 aromatic carbocycles. The zero-order valence-electron chi connectivity index (χ0n) is 15.7. The molecular weight excluding hydrogens is 364 g/mol. The van der Waals surface area contributed by atoms with Crippen LogP contribution in [0.25, 0.3) is 0 Å². The third-order valence-corrected chi connectivity index (χ3v) is 4.78. The summed E-state index contributed by atoms with van der Waals surface area (Å²) in [6.45, 7) is 1.94. The molecule has 2 aromatic rings.